The number of anilines is 1. The van der Waals surface area contributed by atoms with E-state index in [1.165, 1.54) is 0 Å². The molecule has 0 aliphatic heterocycles. The molecule has 0 heterocycles. The van der Waals surface area contributed by atoms with Crippen molar-refractivity contribution in [1.29, 1.82) is 0 Å². The molecule has 0 radical (unpaired) electrons. The summed E-state index contributed by atoms with van der Waals surface area (Å²) in [7, 11) is 4.81. The highest BCUT2D eigenvalue weighted by molar-refractivity contribution is 5.62. The molecule has 0 saturated carbocycles. The molecule has 19 heavy (non-hydrogen) atoms. The number of nitrogens with two attached hydrogens (primary N) is 1. The lowest BCUT2D eigenvalue weighted by atomic mass is 10.1. The average molecular weight is 268 g/mol. The van der Waals surface area contributed by atoms with E-state index in [1.54, 1.807) is 21.3 Å². The Morgan fingerprint density at radius 1 is 1.11 bits per heavy atom. The van der Waals surface area contributed by atoms with Crippen molar-refractivity contribution in [3.05, 3.63) is 12.1 Å². The monoisotopic (exact) mass is 268 g/mol. The van der Waals surface area contributed by atoms with Crippen molar-refractivity contribution in [2.24, 2.45) is 11.7 Å². The number of ether oxygens (including phenoxy) is 3. The van der Waals surface area contributed by atoms with Crippen LogP contribution in [-0.2, 0) is 0 Å². The molecule has 0 saturated heterocycles. The van der Waals surface area contributed by atoms with Gasteiger partial charge in [-0.15, -0.1) is 0 Å². The van der Waals surface area contributed by atoms with Gasteiger partial charge in [-0.05, 0) is 12.5 Å². The minimum Gasteiger partial charge on any atom is -0.493 e. The van der Waals surface area contributed by atoms with Crippen molar-refractivity contribution in [3.8, 4) is 17.2 Å². The Balaban J connectivity index is 2.90. The molecule has 0 aliphatic rings. The summed E-state index contributed by atoms with van der Waals surface area (Å²) in [5.74, 6) is 2.34. The predicted molar refractivity (Wildman–Crippen MR) is 77.4 cm³/mol. The van der Waals surface area contributed by atoms with Crippen LogP contribution in [0, 0.1) is 5.92 Å². The number of hydrogen-bond donors (Lipinski definition) is 2. The van der Waals surface area contributed by atoms with Crippen molar-refractivity contribution in [3.63, 3.8) is 0 Å². The van der Waals surface area contributed by atoms with Crippen LogP contribution in [0.1, 0.15) is 13.3 Å². The molecule has 0 fully saturated rings. The van der Waals surface area contributed by atoms with Gasteiger partial charge in [-0.2, -0.15) is 0 Å². The topological polar surface area (TPSA) is 65.7 Å². The van der Waals surface area contributed by atoms with Crippen LogP contribution in [0.25, 0.3) is 0 Å². The van der Waals surface area contributed by atoms with Crippen molar-refractivity contribution in [2.75, 3.05) is 39.7 Å². The van der Waals surface area contributed by atoms with Crippen LogP contribution < -0.4 is 25.3 Å². The molecular weight excluding hydrogens is 244 g/mol. The number of hydrogen-bond acceptors (Lipinski definition) is 5. The summed E-state index contributed by atoms with van der Waals surface area (Å²) in [5.41, 5.74) is 6.63. The lowest BCUT2D eigenvalue weighted by Crippen LogP contribution is -2.22. The maximum atomic E-state index is 5.70. The van der Waals surface area contributed by atoms with Gasteiger partial charge in [-0.1, -0.05) is 13.3 Å². The fourth-order valence-electron chi connectivity index (χ4n) is 1.84. The molecule has 5 heteroatoms. The Hall–Kier alpha value is -1.62. The Labute approximate surface area is 115 Å². The minimum atomic E-state index is 0.457. The first-order valence-electron chi connectivity index (χ1n) is 6.44. The van der Waals surface area contributed by atoms with Gasteiger partial charge in [0.25, 0.3) is 0 Å². The van der Waals surface area contributed by atoms with Gasteiger partial charge in [0.1, 0.15) is 0 Å². The standard InChI is InChI=1S/C14H24N2O3/c1-5-10(8-15)9-16-11-6-12(17-2)14(19-4)13(7-11)18-3/h6-7,10,16H,5,8-9,15H2,1-4H3. The maximum absolute atomic E-state index is 5.70. The van der Waals surface area contributed by atoms with E-state index in [0.717, 1.165) is 18.7 Å². The maximum Gasteiger partial charge on any atom is 0.203 e. The van der Waals surface area contributed by atoms with E-state index in [9.17, 15) is 0 Å². The number of nitrogens with one attached hydrogen (secondary N) is 1. The first kappa shape index (κ1) is 15.4. The number of rotatable bonds is 8. The molecule has 0 aromatic heterocycles. The van der Waals surface area contributed by atoms with E-state index >= 15 is 0 Å². The van der Waals surface area contributed by atoms with E-state index in [-0.39, 0.29) is 0 Å². The van der Waals surface area contributed by atoms with E-state index in [0.29, 0.717) is 29.7 Å². The second-order valence-corrected chi connectivity index (χ2v) is 4.30. The molecule has 0 amide bonds. The fourth-order valence-corrected chi connectivity index (χ4v) is 1.84. The third-order valence-corrected chi connectivity index (χ3v) is 3.17. The summed E-state index contributed by atoms with van der Waals surface area (Å²) in [5, 5.41) is 3.35. The Morgan fingerprint density at radius 2 is 1.68 bits per heavy atom. The summed E-state index contributed by atoms with van der Waals surface area (Å²) < 4.78 is 15.9. The lowest BCUT2D eigenvalue weighted by molar-refractivity contribution is 0.324. The number of methoxy groups -OCH3 is 3. The Morgan fingerprint density at radius 3 is 2.05 bits per heavy atom. The molecule has 1 aromatic rings. The lowest BCUT2D eigenvalue weighted by Gasteiger charge is -2.17. The molecule has 5 nitrogen and oxygen atoms in total. The molecule has 1 aromatic carbocycles. The van der Waals surface area contributed by atoms with E-state index in [2.05, 4.69) is 12.2 Å². The molecule has 1 unspecified atom stereocenters. The van der Waals surface area contributed by atoms with Crippen LogP contribution in [0.4, 0.5) is 5.69 Å². The summed E-state index contributed by atoms with van der Waals surface area (Å²) in [4.78, 5) is 0. The number of benzene rings is 1. The zero-order valence-electron chi connectivity index (χ0n) is 12.2. The van der Waals surface area contributed by atoms with Crippen LogP contribution in [0.2, 0.25) is 0 Å². The molecule has 108 valence electrons. The van der Waals surface area contributed by atoms with Gasteiger partial charge in [0.15, 0.2) is 11.5 Å². The molecule has 1 atom stereocenters. The van der Waals surface area contributed by atoms with Crippen LogP contribution in [0.5, 0.6) is 17.2 Å². The van der Waals surface area contributed by atoms with Gasteiger partial charge in [-0.3, -0.25) is 0 Å². The largest absolute Gasteiger partial charge is 0.493 e. The van der Waals surface area contributed by atoms with E-state index in [4.69, 9.17) is 19.9 Å². The van der Waals surface area contributed by atoms with E-state index in [1.807, 2.05) is 12.1 Å². The Kier molecular flexibility index (Phi) is 6.29. The van der Waals surface area contributed by atoms with Gasteiger partial charge in [0.05, 0.1) is 21.3 Å². The highest BCUT2D eigenvalue weighted by Gasteiger charge is 2.13. The zero-order valence-corrected chi connectivity index (χ0v) is 12.2. The van der Waals surface area contributed by atoms with Crippen LogP contribution >= 0.6 is 0 Å². The first-order chi connectivity index (χ1) is 9.19. The summed E-state index contributed by atoms with van der Waals surface area (Å²) >= 11 is 0. The molecular formula is C14H24N2O3. The van der Waals surface area contributed by atoms with E-state index < -0.39 is 0 Å². The second-order valence-electron chi connectivity index (χ2n) is 4.30. The highest BCUT2D eigenvalue weighted by Crippen LogP contribution is 2.39. The average Bonchev–Trinajstić information content (AvgIpc) is 2.46. The first-order valence-corrected chi connectivity index (χ1v) is 6.44. The summed E-state index contributed by atoms with van der Waals surface area (Å²) in [6, 6.07) is 3.79. The van der Waals surface area contributed by atoms with Crippen LogP contribution in [0.3, 0.4) is 0 Å². The SMILES string of the molecule is CCC(CN)CNc1cc(OC)c(OC)c(OC)c1. The van der Waals surface area contributed by atoms with Gasteiger partial charge in [0, 0.05) is 24.4 Å². The van der Waals surface area contributed by atoms with Crippen molar-refractivity contribution in [1.82, 2.24) is 0 Å². The van der Waals surface area contributed by atoms with Crippen molar-refractivity contribution in [2.45, 2.75) is 13.3 Å². The molecule has 0 bridgehead atoms. The normalized spacial score (nSPS) is 11.8. The van der Waals surface area contributed by atoms with Gasteiger partial charge in [-0.25, -0.2) is 0 Å². The molecule has 0 aliphatic carbocycles. The third-order valence-electron chi connectivity index (χ3n) is 3.17. The Bertz CT molecular complexity index is 367. The smallest absolute Gasteiger partial charge is 0.203 e. The molecule has 3 N–H and O–H groups in total. The van der Waals surface area contributed by atoms with Gasteiger partial charge >= 0.3 is 0 Å². The zero-order chi connectivity index (χ0) is 14.3. The summed E-state index contributed by atoms with van der Waals surface area (Å²) in [6.45, 7) is 3.63. The minimum absolute atomic E-state index is 0.457. The van der Waals surface area contributed by atoms with Gasteiger partial charge < -0.3 is 25.3 Å². The molecule has 0 spiro atoms. The van der Waals surface area contributed by atoms with Crippen molar-refractivity contribution >= 4 is 5.69 Å². The van der Waals surface area contributed by atoms with Crippen LogP contribution in [0.15, 0.2) is 12.1 Å². The second kappa shape index (κ2) is 7.74. The quantitative estimate of drug-likeness (QED) is 0.756. The molecule has 1 rings (SSSR count). The van der Waals surface area contributed by atoms with Crippen molar-refractivity contribution < 1.29 is 14.2 Å². The third kappa shape index (κ3) is 3.92. The predicted octanol–water partition coefficient (Wildman–Crippen LogP) is 2.11. The highest BCUT2D eigenvalue weighted by atomic mass is 16.5. The van der Waals surface area contributed by atoms with Gasteiger partial charge in [0.2, 0.25) is 5.75 Å². The summed E-state index contributed by atoms with van der Waals surface area (Å²) in [6.07, 6.45) is 1.05. The van der Waals surface area contributed by atoms with Crippen LogP contribution in [-0.4, -0.2) is 34.4 Å². The fraction of sp³-hybridized carbons (Fsp3) is 0.571.